The molecule has 0 spiro atoms. The molecular formula is C10H14N2NiO6. The summed E-state index contributed by atoms with van der Waals surface area (Å²) in [6, 6.07) is -1.28. The van der Waals surface area contributed by atoms with E-state index >= 15 is 0 Å². The quantitative estimate of drug-likeness (QED) is 0.468. The zero-order valence-corrected chi connectivity index (χ0v) is 10.8. The summed E-state index contributed by atoms with van der Waals surface area (Å²) in [5, 5.41) is 21.3. The Bertz CT molecular complexity index is 350. The van der Waals surface area contributed by atoms with Crippen LogP contribution in [0.25, 0.3) is 0 Å². The molecule has 2 aliphatic heterocycles. The van der Waals surface area contributed by atoms with Gasteiger partial charge in [-0.05, 0) is 12.8 Å². The van der Waals surface area contributed by atoms with Gasteiger partial charge in [0.1, 0.15) is 12.1 Å². The van der Waals surface area contributed by atoms with Crippen molar-refractivity contribution in [3.05, 3.63) is 0 Å². The van der Waals surface area contributed by atoms with Crippen molar-refractivity contribution in [2.24, 2.45) is 0 Å². The van der Waals surface area contributed by atoms with Gasteiger partial charge in [0.15, 0.2) is 0 Å². The second-order valence-electron chi connectivity index (χ2n) is 3.99. The number of hydrogen-bond donors (Lipinski definition) is 4. The van der Waals surface area contributed by atoms with E-state index in [1.165, 1.54) is 0 Å². The maximum atomic E-state index is 10.4. The summed E-state index contributed by atoms with van der Waals surface area (Å²) in [5.41, 5.74) is 0. The molecule has 0 bridgehead atoms. The molecule has 0 unspecified atom stereocenters. The molecule has 0 aliphatic carbocycles. The van der Waals surface area contributed by atoms with Gasteiger partial charge in [-0.3, -0.25) is 9.59 Å². The van der Waals surface area contributed by atoms with Gasteiger partial charge in [-0.2, -0.15) is 0 Å². The monoisotopic (exact) mass is 316 g/mol. The van der Waals surface area contributed by atoms with Gasteiger partial charge in [0.05, 0.1) is 0 Å². The van der Waals surface area contributed by atoms with Gasteiger partial charge >= 0.3 is 11.9 Å². The van der Waals surface area contributed by atoms with Gasteiger partial charge in [-0.25, -0.2) is 9.59 Å². The van der Waals surface area contributed by atoms with Crippen molar-refractivity contribution in [2.75, 3.05) is 0 Å². The molecule has 19 heavy (non-hydrogen) atoms. The van der Waals surface area contributed by atoms with Crippen molar-refractivity contribution in [3.8, 4) is 0 Å². The molecule has 2 saturated heterocycles. The second kappa shape index (κ2) is 7.73. The van der Waals surface area contributed by atoms with Crippen LogP contribution < -0.4 is 10.6 Å². The Balaban J connectivity index is 0.000000324. The number of carboxylic acids is 2. The topological polar surface area (TPSA) is 133 Å². The van der Waals surface area contributed by atoms with E-state index in [1.54, 1.807) is 0 Å². The van der Waals surface area contributed by atoms with Gasteiger partial charge in [-0.15, -0.1) is 0 Å². The van der Waals surface area contributed by atoms with Crippen LogP contribution in [-0.2, 0) is 35.7 Å². The molecule has 2 atom stereocenters. The fourth-order valence-electron chi connectivity index (χ4n) is 1.60. The molecule has 8 nitrogen and oxygen atoms in total. The number of aliphatic carboxylic acids is 2. The van der Waals surface area contributed by atoms with E-state index in [0.717, 1.165) is 0 Å². The number of carboxylic acid groups (broad SMARTS) is 2. The first-order valence-corrected chi connectivity index (χ1v) is 5.44. The van der Waals surface area contributed by atoms with Gasteiger partial charge in [-0.1, -0.05) is 0 Å². The number of rotatable bonds is 2. The smallest absolute Gasteiger partial charge is 0.326 e. The Morgan fingerprint density at radius 3 is 1.32 bits per heavy atom. The second-order valence-corrected chi connectivity index (χ2v) is 3.99. The maximum Gasteiger partial charge on any atom is 0.326 e. The summed E-state index contributed by atoms with van der Waals surface area (Å²) in [6.45, 7) is 0. The van der Waals surface area contributed by atoms with E-state index in [-0.39, 0.29) is 28.3 Å². The third kappa shape index (κ3) is 5.69. The van der Waals surface area contributed by atoms with Crippen LogP contribution in [0.5, 0.6) is 0 Å². The first-order chi connectivity index (χ1) is 8.40. The van der Waals surface area contributed by atoms with Crippen LogP contribution in [0.2, 0.25) is 0 Å². The van der Waals surface area contributed by atoms with Crippen molar-refractivity contribution in [1.82, 2.24) is 10.6 Å². The molecule has 2 rings (SSSR count). The van der Waals surface area contributed by atoms with Crippen LogP contribution in [0.3, 0.4) is 0 Å². The van der Waals surface area contributed by atoms with Gasteiger partial charge in [0.2, 0.25) is 11.8 Å². The van der Waals surface area contributed by atoms with Crippen molar-refractivity contribution in [1.29, 1.82) is 0 Å². The number of hydrogen-bond acceptors (Lipinski definition) is 4. The van der Waals surface area contributed by atoms with Gasteiger partial charge in [0.25, 0.3) is 0 Å². The van der Waals surface area contributed by atoms with Gasteiger partial charge in [0, 0.05) is 29.3 Å². The van der Waals surface area contributed by atoms with Crippen molar-refractivity contribution in [3.63, 3.8) is 0 Å². The van der Waals surface area contributed by atoms with Crippen LogP contribution in [0.15, 0.2) is 0 Å². The molecule has 2 amide bonds. The standard InChI is InChI=1S/2C5H7NO3.Ni/c2*7-4-2-1-3(6-4)5(8)9;/h2*3H,1-2H2,(H,6,7)(H,8,9);/t2*3-;/m00./s1. The predicted octanol–water partition coefficient (Wildman–Crippen LogP) is -1.30. The Kier molecular flexibility index (Phi) is 7.07. The molecule has 0 aromatic carbocycles. The van der Waals surface area contributed by atoms with E-state index in [0.29, 0.717) is 25.7 Å². The Morgan fingerprint density at radius 2 is 1.21 bits per heavy atom. The van der Waals surface area contributed by atoms with Crippen molar-refractivity contribution >= 4 is 23.8 Å². The minimum Gasteiger partial charge on any atom is -0.480 e. The number of nitrogens with one attached hydrogen (secondary N) is 2. The van der Waals surface area contributed by atoms with Crippen LogP contribution in [0.1, 0.15) is 25.7 Å². The first kappa shape index (κ1) is 17.4. The molecule has 9 heteroatoms. The van der Waals surface area contributed by atoms with Crippen molar-refractivity contribution in [2.45, 2.75) is 37.8 Å². The molecule has 0 radical (unpaired) electrons. The van der Waals surface area contributed by atoms with Gasteiger partial charge < -0.3 is 20.8 Å². The summed E-state index contributed by atoms with van der Waals surface area (Å²) < 4.78 is 0. The molecular weight excluding hydrogens is 303 g/mol. The van der Waals surface area contributed by atoms with E-state index in [9.17, 15) is 19.2 Å². The molecule has 110 valence electrons. The zero-order chi connectivity index (χ0) is 13.7. The number of carbonyl (C=O) groups is 4. The summed E-state index contributed by atoms with van der Waals surface area (Å²) in [5.74, 6) is -2.22. The number of amides is 2. The van der Waals surface area contributed by atoms with Crippen LogP contribution in [0.4, 0.5) is 0 Å². The predicted molar refractivity (Wildman–Crippen MR) is 57.6 cm³/mol. The van der Waals surface area contributed by atoms with E-state index in [4.69, 9.17) is 10.2 Å². The van der Waals surface area contributed by atoms with Crippen LogP contribution in [-0.4, -0.2) is 46.0 Å². The Labute approximate surface area is 118 Å². The Hall–Kier alpha value is -1.63. The molecule has 0 aromatic rings. The van der Waals surface area contributed by atoms with Crippen LogP contribution in [0, 0.1) is 0 Å². The first-order valence-electron chi connectivity index (χ1n) is 5.44. The molecule has 2 heterocycles. The van der Waals surface area contributed by atoms with E-state index < -0.39 is 24.0 Å². The zero-order valence-electron chi connectivity index (χ0n) is 9.83. The molecule has 4 N–H and O–H groups in total. The molecule has 2 fully saturated rings. The van der Waals surface area contributed by atoms with E-state index in [2.05, 4.69) is 10.6 Å². The van der Waals surface area contributed by atoms with Crippen LogP contribution >= 0.6 is 0 Å². The minimum absolute atomic E-state index is 0. The fourth-order valence-corrected chi connectivity index (χ4v) is 1.60. The minimum atomic E-state index is -0.944. The average molecular weight is 317 g/mol. The molecule has 0 saturated carbocycles. The van der Waals surface area contributed by atoms with Crippen molar-refractivity contribution < 1.29 is 45.9 Å². The summed E-state index contributed by atoms with van der Waals surface area (Å²) in [4.78, 5) is 41.0. The fraction of sp³-hybridized carbons (Fsp3) is 0.600. The third-order valence-electron chi connectivity index (χ3n) is 2.59. The maximum absolute atomic E-state index is 10.4. The SMILES string of the molecule is O=C1CC[C@@H](C(=O)O)N1.O=C1CC[C@@H](C(=O)O)N1.[Ni]. The Morgan fingerprint density at radius 1 is 0.895 bits per heavy atom. The number of carbonyl (C=O) groups excluding carboxylic acids is 2. The van der Waals surface area contributed by atoms with E-state index in [1.807, 2.05) is 0 Å². The normalized spacial score (nSPS) is 24.4. The average Bonchev–Trinajstić information content (AvgIpc) is 2.88. The summed E-state index contributed by atoms with van der Waals surface area (Å²) in [7, 11) is 0. The summed E-state index contributed by atoms with van der Waals surface area (Å²) in [6.07, 6.45) is 1.54. The molecule has 0 aromatic heterocycles. The largest absolute Gasteiger partial charge is 0.480 e. The third-order valence-corrected chi connectivity index (χ3v) is 2.59. The molecule has 2 aliphatic rings. The summed E-state index contributed by atoms with van der Waals surface area (Å²) >= 11 is 0.